The fourth-order valence-electron chi connectivity index (χ4n) is 2.96. The Morgan fingerprint density at radius 1 is 1.20 bits per heavy atom. The Balaban J connectivity index is 2.27. The molecule has 0 spiro atoms. The lowest BCUT2D eigenvalue weighted by molar-refractivity contribution is -0.121. The van der Waals surface area contributed by atoms with Crippen LogP contribution in [0.3, 0.4) is 0 Å². The van der Waals surface area contributed by atoms with Gasteiger partial charge in [0.25, 0.3) is 0 Å². The normalized spacial score (nSPS) is 16.6. The van der Waals surface area contributed by atoms with E-state index in [9.17, 15) is 9.18 Å². The first kappa shape index (κ1) is 12.9. The molecule has 104 valence electrons. The lowest BCUT2D eigenvalue weighted by atomic mass is 9.85. The number of likely N-dealkylation sites (N-methyl/N-ethyl adjacent to an activating group) is 1. The summed E-state index contributed by atoms with van der Waals surface area (Å²) >= 11 is 0. The number of aryl methyl sites for hydroxylation is 1. The summed E-state index contributed by atoms with van der Waals surface area (Å²) in [5.74, 6) is -0.421. The Morgan fingerprint density at radius 2 is 1.90 bits per heavy atom. The van der Waals surface area contributed by atoms with E-state index in [1.165, 1.54) is 11.0 Å². The second kappa shape index (κ2) is 3.95. The molecule has 0 unspecified atom stereocenters. The van der Waals surface area contributed by atoms with Gasteiger partial charge < -0.3 is 9.47 Å². The SMILES string of the molecule is CN1C(=O)C(C)(C)c2cc(-c3cccn3C)cc(F)c21. The van der Waals surface area contributed by atoms with Crippen molar-refractivity contribution in [2.24, 2.45) is 7.05 Å². The minimum atomic E-state index is -0.688. The highest BCUT2D eigenvalue weighted by molar-refractivity contribution is 6.07. The van der Waals surface area contributed by atoms with E-state index >= 15 is 0 Å². The molecule has 0 aliphatic carbocycles. The van der Waals surface area contributed by atoms with Crippen LogP contribution in [0.5, 0.6) is 0 Å². The fraction of sp³-hybridized carbons (Fsp3) is 0.312. The molecule has 3 rings (SSSR count). The summed E-state index contributed by atoms with van der Waals surface area (Å²) in [5.41, 5.74) is 2.19. The van der Waals surface area contributed by atoms with Gasteiger partial charge in [-0.25, -0.2) is 4.39 Å². The highest BCUT2D eigenvalue weighted by Gasteiger charge is 2.44. The zero-order valence-corrected chi connectivity index (χ0v) is 12.1. The Hall–Kier alpha value is -2.10. The first-order valence-corrected chi connectivity index (χ1v) is 6.58. The summed E-state index contributed by atoms with van der Waals surface area (Å²) in [7, 11) is 3.55. The Kier molecular flexibility index (Phi) is 2.55. The molecule has 1 aromatic carbocycles. The van der Waals surface area contributed by atoms with Crippen molar-refractivity contribution in [2.75, 3.05) is 11.9 Å². The van der Waals surface area contributed by atoms with Gasteiger partial charge in [-0.1, -0.05) is 0 Å². The van der Waals surface area contributed by atoms with Gasteiger partial charge in [0.05, 0.1) is 11.1 Å². The van der Waals surface area contributed by atoms with Gasteiger partial charge in [0.15, 0.2) is 0 Å². The minimum absolute atomic E-state index is 0.0737. The van der Waals surface area contributed by atoms with Crippen LogP contribution in [0.4, 0.5) is 10.1 Å². The van der Waals surface area contributed by atoms with Crippen LogP contribution in [0, 0.1) is 5.82 Å². The van der Waals surface area contributed by atoms with Crippen molar-refractivity contribution in [3.63, 3.8) is 0 Å². The fourth-order valence-corrected chi connectivity index (χ4v) is 2.96. The standard InChI is InChI=1S/C16H17FN2O/c1-16(2)11-8-10(13-6-5-7-18(13)3)9-12(17)14(11)19(4)15(16)20/h5-9H,1-4H3. The zero-order chi connectivity index (χ0) is 14.7. The average Bonchev–Trinajstić information content (AvgIpc) is 2.88. The number of benzene rings is 1. The molecule has 1 amide bonds. The van der Waals surface area contributed by atoms with Gasteiger partial charge >= 0.3 is 0 Å². The summed E-state index contributed by atoms with van der Waals surface area (Å²) in [6.07, 6.45) is 1.92. The van der Waals surface area contributed by atoms with Gasteiger partial charge in [-0.2, -0.15) is 0 Å². The first-order chi connectivity index (χ1) is 9.34. The summed E-state index contributed by atoms with van der Waals surface area (Å²) in [4.78, 5) is 13.7. The van der Waals surface area contributed by atoms with Crippen LogP contribution < -0.4 is 4.90 Å². The monoisotopic (exact) mass is 272 g/mol. The van der Waals surface area contributed by atoms with Gasteiger partial charge in [-0.05, 0) is 43.7 Å². The molecule has 4 heteroatoms. The molecule has 0 radical (unpaired) electrons. The summed E-state index contributed by atoms with van der Waals surface area (Å²) in [6, 6.07) is 7.28. The smallest absolute Gasteiger partial charge is 0.236 e. The zero-order valence-electron chi connectivity index (χ0n) is 12.1. The number of carbonyl (C=O) groups excluding carboxylic acids is 1. The molecule has 0 atom stereocenters. The average molecular weight is 272 g/mol. The first-order valence-electron chi connectivity index (χ1n) is 6.58. The summed E-state index contributed by atoms with van der Waals surface area (Å²) in [6.45, 7) is 3.68. The van der Waals surface area contributed by atoms with Gasteiger partial charge in [-0.15, -0.1) is 0 Å². The van der Waals surface area contributed by atoms with E-state index in [2.05, 4.69) is 0 Å². The lowest BCUT2D eigenvalue weighted by Crippen LogP contribution is -2.33. The maximum atomic E-state index is 14.4. The summed E-state index contributed by atoms with van der Waals surface area (Å²) < 4.78 is 16.4. The molecule has 1 aliphatic heterocycles. The molecule has 2 heterocycles. The van der Waals surface area contributed by atoms with Gasteiger partial charge in [0, 0.05) is 31.5 Å². The predicted molar refractivity (Wildman–Crippen MR) is 77.2 cm³/mol. The number of hydrogen-bond acceptors (Lipinski definition) is 1. The summed E-state index contributed by atoms with van der Waals surface area (Å²) in [5, 5.41) is 0. The maximum Gasteiger partial charge on any atom is 0.236 e. The van der Waals surface area contributed by atoms with Crippen LogP contribution >= 0.6 is 0 Å². The number of halogens is 1. The number of hydrogen-bond donors (Lipinski definition) is 0. The van der Waals surface area contributed by atoms with E-state index in [1.54, 1.807) is 7.05 Å². The molecule has 20 heavy (non-hydrogen) atoms. The Bertz CT molecular complexity index is 715. The van der Waals surface area contributed by atoms with Crippen molar-refractivity contribution in [1.82, 2.24) is 4.57 Å². The molecule has 0 bridgehead atoms. The number of rotatable bonds is 1. The molecule has 0 saturated carbocycles. The van der Waals surface area contributed by atoms with Gasteiger partial charge in [-0.3, -0.25) is 4.79 Å². The van der Waals surface area contributed by atoms with Crippen molar-refractivity contribution in [2.45, 2.75) is 19.3 Å². The molecule has 1 aromatic heterocycles. The molecule has 0 saturated heterocycles. The van der Waals surface area contributed by atoms with E-state index in [0.29, 0.717) is 5.69 Å². The lowest BCUT2D eigenvalue weighted by Gasteiger charge is -2.16. The molecule has 1 aliphatic rings. The van der Waals surface area contributed by atoms with E-state index in [4.69, 9.17) is 0 Å². The third-order valence-electron chi connectivity index (χ3n) is 4.15. The highest BCUT2D eigenvalue weighted by atomic mass is 19.1. The number of carbonyl (C=O) groups is 1. The molecule has 0 fully saturated rings. The highest BCUT2D eigenvalue weighted by Crippen LogP contribution is 2.44. The molecule has 0 N–H and O–H groups in total. The van der Waals surface area contributed by atoms with Crippen LogP contribution in [0.25, 0.3) is 11.3 Å². The van der Waals surface area contributed by atoms with Crippen molar-refractivity contribution in [1.29, 1.82) is 0 Å². The van der Waals surface area contributed by atoms with Crippen LogP contribution in [-0.2, 0) is 17.3 Å². The van der Waals surface area contributed by atoms with E-state index in [0.717, 1.165) is 16.8 Å². The predicted octanol–water partition coefficient (Wildman–Crippen LogP) is 3.09. The van der Waals surface area contributed by atoms with E-state index in [1.807, 2.05) is 49.9 Å². The van der Waals surface area contributed by atoms with Crippen molar-refractivity contribution >= 4 is 11.6 Å². The van der Waals surface area contributed by atoms with Crippen molar-refractivity contribution < 1.29 is 9.18 Å². The number of fused-ring (bicyclic) bond motifs is 1. The van der Waals surface area contributed by atoms with Crippen molar-refractivity contribution in [3.8, 4) is 11.3 Å². The van der Waals surface area contributed by atoms with Crippen molar-refractivity contribution in [3.05, 3.63) is 41.8 Å². The van der Waals surface area contributed by atoms with Crippen LogP contribution in [0.1, 0.15) is 19.4 Å². The molecular weight excluding hydrogens is 255 g/mol. The number of anilines is 1. The van der Waals surface area contributed by atoms with Gasteiger partial charge in [0.2, 0.25) is 5.91 Å². The quantitative estimate of drug-likeness (QED) is 0.783. The van der Waals surface area contributed by atoms with Crippen LogP contribution in [0.15, 0.2) is 30.5 Å². The second-order valence-electron chi connectivity index (χ2n) is 5.85. The Morgan fingerprint density at radius 3 is 2.50 bits per heavy atom. The topological polar surface area (TPSA) is 25.2 Å². The number of aromatic nitrogens is 1. The minimum Gasteiger partial charge on any atom is -0.351 e. The second-order valence-corrected chi connectivity index (χ2v) is 5.85. The third-order valence-corrected chi connectivity index (χ3v) is 4.15. The van der Waals surface area contributed by atoms with Crippen LogP contribution in [0.2, 0.25) is 0 Å². The number of amides is 1. The van der Waals surface area contributed by atoms with E-state index in [-0.39, 0.29) is 11.7 Å². The van der Waals surface area contributed by atoms with Gasteiger partial charge in [0.1, 0.15) is 5.82 Å². The third kappa shape index (κ3) is 1.54. The maximum absolute atomic E-state index is 14.4. The number of nitrogens with zero attached hydrogens (tertiary/aromatic N) is 2. The molecular formula is C16H17FN2O. The largest absolute Gasteiger partial charge is 0.351 e. The molecule has 3 nitrogen and oxygen atoms in total. The molecule has 2 aromatic rings. The Labute approximate surface area is 117 Å². The van der Waals surface area contributed by atoms with Crippen LogP contribution in [-0.4, -0.2) is 17.5 Å². The van der Waals surface area contributed by atoms with E-state index < -0.39 is 5.41 Å².